The highest BCUT2D eigenvalue weighted by Crippen LogP contribution is 2.30. The maximum Gasteiger partial charge on any atom is 0.407 e. The maximum absolute atomic E-state index is 13.0. The molecular weight excluding hydrogens is 477 g/mol. The predicted molar refractivity (Wildman–Crippen MR) is 128 cm³/mol. The molecule has 0 saturated heterocycles. The Balaban J connectivity index is 1.96. The third kappa shape index (κ3) is 6.24. The van der Waals surface area contributed by atoms with Crippen molar-refractivity contribution in [1.29, 1.82) is 5.26 Å². The Morgan fingerprint density at radius 3 is 2.56 bits per heavy atom. The van der Waals surface area contributed by atoms with Crippen molar-refractivity contribution in [2.75, 3.05) is 6.61 Å². The average molecular weight is 505 g/mol. The normalized spacial score (nSPS) is 12.9. The zero-order chi connectivity index (χ0) is 26.8. The lowest BCUT2D eigenvalue weighted by Gasteiger charge is -2.24. The first-order chi connectivity index (χ1) is 16.7. The fourth-order valence-corrected chi connectivity index (χ4v) is 3.81. The first kappa shape index (κ1) is 26.8. The lowest BCUT2D eigenvalue weighted by atomic mass is 10.0. The van der Waals surface area contributed by atoms with Gasteiger partial charge in [0.2, 0.25) is 0 Å². The van der Waals surface area contributed by atoms with Gasteiger partial charge in [0.25, 0.3) is 5.56 Å². The van der Waals surface area contributed by atoms with Crippen LogP contribution in [-0.2, 0) is 11.8 Å². The molecule has 1 N–H and O–H groups in total. The van der Waals surface area contributed by atoms with Crippen molar-refractivity contribution in [2.24, 2.45) is 7.05 Å². The van der Waals surface area contributed by atoms with E-state index in [9.17, 15) is 28.0 Å². The van der Waals surface area contributed by atoms with E-state index < -0.39 is 36.8 Å². The number of nitrogens with zero attached hydrogens (tertiary/aromatic N) is 3. The number of nitrogens with one attached hydrogen (secondary N) is 1. The highest BCUT2D eigenvalue weighted by molar-refractivity contribution is 6.07. The van der Waals surface area contributed by atoms with Crippen molar-refractivity contribution in [3.8, 4) is 11.8 Å². The van der Waals surface area contributed by atoms with E-state index in [1.807, 2.05) is 6.07 Å². The monoisotopic (exact) mass is 504 g/mol. The van der Waals surface area contributed by atoms with Crippen LogP contribution in [0, 0.1) is 18.3 Å². The second kappa shape index (κ2) is 10.0. The summed E-state index contributed by atoms with van der Waals surface area (Å²) in [5.41, 5.74) is 0.0264. The van der Waals surface area contributed by atoms with Crippen molar-refractivity contribution in [1.82, 2.24) is 14.9 Å². The van der Waals surface area contributed by atoms with Gasteiger partial charge in [0.15, 0.2) is 0 Å². The van der Waals surface area contributed by atoms with Gasteiger partial charge in [-0.3, -0.25) is 9.78 Å². The summed E-state index contributed by atoms with van der Waals surface area (Å²) in [4.78, 5) is 29.3. The summed E-state index contributed by atoms with van der Waals surface area (Å²) in [5, 5.41) is 13.8. The molecule has 0 spiro atoms. The number of alkyl halides is 3. The van der Waals surface area contributed by atoms with Crippen LogP contribution in [0.4, 0.5) is 18.0 Å². The molecule has 0 aliphatic heterocycles. The van der Waals surface area contributed by atoms with Gasteiger partial charge < -0.3 is 19.4 Å². The molecule has 0 aliphatic rings. The number of halogens is 3. The molecule has 0 radical (unpaired) electrons. The van der Waals surface area contributed by atoms with E-state index in [1.54, 1.807) is 53.1 Å². The van der Waals surface area contributed by atoms with Gasteiger partial charge in [0.1, 0.15) is 24.0 Å². The standard InChI is InChI=1S/C25H27F3N4O4/c1-14-21-17(7-9-30-14)18-10-15(12-29)20(11-19(18)32(5)22(21)33)35-13-16(6-8-25(26,27)28)31-23(34)36-24(2,3)4/h7,9-11,16H,6,8,13H2,1-5H3,(H,31,34). The highest BCUT2D eigenvalue weighted by atomic mass is 19.4. The molecule has 3 rings (SSSR count). The number of nitriles is 1. The third-order valence-corrected chi connectivity index (χ3v) is 5.47. The Bertz CT molecular complexity index is 1400. The van der Waals surface area contributed by atoms with E-state index in [-0.39, 0.29) is 23.5 Å². The number of benzene rings is 1. The van der Waals surface area contributed by atoms with Gasteiger partial charge in [-0.15, -0.1) is 0 Å². The van der Waals surface area contributed by atoms with Gasteiger partial charge >= 0.3 is 12.3 Å². The van der Waals surface area contributed by atoms with E-state index in [0.717, 1.165) is 0 Å². The summed E-state index contributed by atoms with van der Waals surface area (Å²) < 4.78 is 50.9. The van der Waals surface area contributed by atoms with Crippen LogP contribution in [0.25, 0.3) is 21.7 Å². The molecule has 0 bridgehead atoms. The topological polar surface area (TPSA) is 106 Å². The van der Waals surface area contributed by atoms with E-state index in [4.69, 9.17) is 9.47 Å². The second-order valence-electron chi connectivity index (χ2n) is 9.47. The lowest BCUT2D eigenvalue weighted by Crippen LogP contribution is -2.42. The first-order valence-electron chi connectivity index (χ1n) is 11.2. The van der Waals surface area contributed by atoms with Crippen LogP contribution in [0.1, 0.15) is 44.9 Å². The maximum atomic E-state index is 13.0. The van der Waals surface area contributed by atoms with Crippen molar-refractivity contribution >= 4 is 27.8 Å². The number of aromatic nitrogens is 2. The number of aryl methyl sites for hydroxylation is 2. The van der Waals surface area contributed by atoms with Gasteiger partial charge in [-0.25, -0.2) is 4.79 Å². The zero-order valence-electron chi connectivity index (χ0n) is 20.6. The highest BCUT2D eigenvalue weighted by Gasteiger charge is 2.30. The summed E-state index contributed by atoms with van der Waals surface area (Å²) in [6.07, 6.45) is -5.34. The summed E-state index contributed by atoms with van der Waals surface area (Å²) in [5.74, 6) is 0.0770. The minimum atomic E-state index is -4.43. The van der Waals surface area contributed by atoms with Crippen LogP contribution in [0.2, 0.25) is 0 Å². The van der Waals surface area contributed by atoms with E-state index >= 15 is 0 Å². The van der Waals surface area contributed by atoms with Crippen LogP contribution in [0.3, 0.4) is 0 Å². The van der Waals surface area contributed by atoms with Crippen molar-refractivity contribution < 1.29 is 27.4 Å². The Hall–Kier alpha value is -3.81. The third-order valence-electron chi connectivity index (χ3n) is 5.47. The average Bonchev–Trinajstić information content (AvgIpc) is 2.76. The van der Waals surface area contributed by atoms with Crippen LogP contribution in [0.5, 0.6) is 5.75 Å². The van der Waals surface area contributed by atoms with Crippen molar-refractivity contribution in [2.45, 2.75) is 58.4 Å². The number of pyridine rings is 2. The van der Waals surface area contributed by atoms with Crippen LogP contribution in [0.15, 0.2) is 29.2 Å². The fraction of sp³-hybridized carbons (Fsp3) is 0.440. The molecule has 2 heterocycles. The molecule has 1 aromatic carbocycles. The minimum Gasteiger partial charge on any atom is -0.490 e. The van der Waals surface area contributed by atoms with Gasteiger partial charge in [-0.2, -0.15) is 18.4 Å². The first-order valence-corrected chi connectivity index (χ1v) is 11.2. The Labute approximate surface area is 205 Å². The lowest BCUT2D eigenvalue weighted by molar-refractivity contribution is -0.137. The molecule has 36 heavy (non-hydrogen) atoms. The number of amides is 1. The fourth-order valence-electron chi connectivity index (χ4n) is 3.81. The molecule has 1 atom stereocenters. The van der Waals surface area contributed by atoms with E-state index in [1.165, 1.54) is 10.6 Å². The summed E-state index contributed by atoms with van der Waals surface area (Å²) >= 11 is 0. The molecule has 3 aromatic rings. The van der Waals surface area contributed by atoms with Crippen LogP contribution < -0.4 is 15.6 Å². The number of fused-ring (bicyclic) bond motifs is 3. The molecule has 0 aliphatic carbocycles. The molecular formula is C25H27F3N4O4. The number of carbonyl (C=O) groups excluding carboxylic acids is 1. The summed E-state index contributed by atoms with van der Waals surface area (Å²) in [6.45, 7) is 6.27. The Morgan fingerprint density at radius 2 is 1.94 bits per heavy atom. The molecule has 192 valence electrons. The number of hydrogen-bond acceptors (Lipinski definition) is 6. The molecule has 8 nitrogen and oxygen atoms in total. The molecule has 0 fully saturated rings. The number of rotatable bonds is 6. The number of ether oxygens (including phenoxy) is 2. The number of carbonyl (C=O) groups is 1. The quantitative estimate of drug-likeness (QED) is 0.480. The van der Waals surface area contributed by atoms with E-state index in [0.29, 0.717) is 27.4 Å². The van der Waals surface area contributed by atoms with E-state index in [2.05, 4.69) is 10.3 Å². The minimum absolute atomic E-state index is 0.0770. The van der Waals surface area contributed by atoms with Crippen molar-refractivity contribution in [3.05, 3.63) is 46.0 Å². The van der Waals surface area contributed by atoms with Crippen LogP contribution in [-0.4, -0.2) is 40.1 Å². The van der Waals surface area contributed by atoms with Gasteiger partial charge in [0, 0.05) is 31.1 Å². The molecule has 1 unspecified atom stereocenters. The summed E-state index contributed by atoms with van der Waals surface area (Å²) in [6, 6.07) is 5.74. The summed E-state index contributed by atoms with van der Waals surface area (Å²) in [7, 11) is 1.57. The molecule has 11 heteroatoms. The second-order valence-corrected chi connectivity index (χ2v) is 9.47. The Kier molecular flexibility index (Phi) is 7.48. The molecule has 2 aromatic heterocycles. The van der Waals surface area contributed by atoms with Crippen molar-refractivity contribution in [3.63, 3.8) is 0 Å². The van der Waals surface area contributed by atoms with Gasteiger partial charge in [0.05, 0.1) is 28.2 Å². The van der Waals surface area contributed by atoms with Crippen LogP contribution >= 0.6 is 0 Å². The number of alkyl carbamates (subject to hydrolysis) is 1. The molecule has 1 amide bonds. The Morgan fingerprint density at radius 1 is 1.25 bits per heavy atom. The smallest absolute Gasteiger partial charge is 0.407 e. The predicted octanol–water partition coefficient (Wildman–Crippen LogP) is 4.88. The molecule has 0 saturated carbocycles. The largest absolute Gasteiger partial charge is 0.490 e. The van der Waals surface area contributed by atoms with Gasteiger partial charge in [-0.05, 0) is 51.6 Å². The SMILES string of the molecule is Cc1nccc2c1c(=O)n(C)c1cc(OCC(CCC(F)(F)F)NC(=O)OC(C)(C)C)c(C#N)cc21. The zero-order valence-corrected chi connectivity index (χ0v) is 20.6. The number of hydrogen-bond donors (Lipinski definition) is 1. The van der Waals surface area contributed by atoms with Gasteiger partial charge in [-0.1, -0.05) is 0 Å².